The van der Waals surface area contributed by atoms with Gasteiger partial charge in [0.1, 0.15) is 9.91 Å². The third-order valence-electron chi connectivity index (χ3n) is 4.30. The van der Waals surface area contributed by atoms with Gasteiger partial charge >= 0.3 is 0 Å². The minimum Gasteiger partial charge on any atom is -0.292 e. The van der Waals surface area contributed by atoms with Gasteiger partial charge in [0.15, 0.2) is 0 Å². The molecule has 2 atom stereocenters. The molecule has 1 fully saturated rings. The summed E-state index contributed by atoms with van der Waals surface area (Å²) in [6.45, 7) is 9.26. The molecule has 108 valence electrons. The third kappa shape index (κ3) is 2.73. The SMILES string of the molecule is Cc1ccc(C2=NNC3(CC(C)CC(C)(C)C3)S2)cc1. The van der Waals surface area contributed by atoms with Crippen molar-refractivity contribution in [3.63, 3.8) is 0 Å². The van der Waals surface area contributed by atoms with Crippen LogP contribution in [0.5, 0.6) is 0 Å². The number of rotatable bonds is 1. The fraction of sp³-hybridized carbons (Fsp3) is 0.588. The number of nitrogens with zero attached hydrogens (tertiary/aromatic N) is 1. The fourth-order valence-electron chi connectivity index (χ4n) is 3.86. The van der Waals surface area contributed by atoms with Crippen LogP contribution in [0.3, 0.4) is 0 Å². The molecule has 1 spiro atoms. The maximum absolute atomic E-state index is 4.64. The molecule has 0 amide bonds. The van der Waals surface area contributed by atoms with E-state index in [1.54, 1.807) is 0 Å². The molecular formula is C17H24N2S. The van der Waals surface area contributed by atoms with Crippen LogP contribution in [0.15, 0.2) is 29.4 Å². The molecule has 1 aromatic carbocycles. The van der Waals surface area contributed by atoms with Crippen LogP contribution in [-0.4, -0.2) is 9.91 Å². The molecule has 1 heterocycles. The first-order valence-electron chi connectivity index (χ1n) is 7.48. The summed E-state index contributed by atoms with van der Waals surface area (Å²) in [6.07, 6.45) is 3.71. The highest BCUT2D eigenvalue weighted by molar-refractivity contribution is 8.15. The van der Waals surface area contributed by atoms with Crippen LogP contribution in [0.1, 0.15) is 51.2 Å². The largest absolute Gasteiger partial charge is 0.292 e. The van der Waals surface area contributed by atoms with Crippen molar-refractivity contribution >= 4 is 16.8 Å². The quantitative estimate of drug-likeness (QED) is 0.820. The Morgan fingerprint density at radius 3 is 2.55 bits per heavy atom. The van der Waals surface area contributed by atoms with Gasteiger partial charge in [-0.1, -0.05) is 62.4 Å². The molecule has 0 radical (unpaired) electrons. The summed E-state index contributed by atoms with van der Waals surface area (Å²) in [5.74, 6) is 0.756. The van der Waals surface area contributed by atoms with Gasteiger partial charge in [-0.05, 0) is 37.5 Å². The second-order valence-corrected chi connectivity index (χ2v) is 8.72. The average Bonchev–Trinajstić information content (AvgIpc) is 2.70. The van der Waals surface area contributed by atoms with Gasteiger partial charge in [0, 0.05) is 5.56 Å². The van der Waals surface area contributed by atoms with Crippen molar-refractivity contribution in [2.45, 2.75) is 51.8 Å². The molecule has 2 aliphatic rings. The summed E-state index contributed by atoms with van der Waals surface area (Å²) >= 11 is 1.94. The highest BCUT2D eigenvalue weighted by Crippen LogP contribution is 2.51. The Kier molecular flexibility index (Phi) is 3.36. The Labute approximate surface area is 126 Å². The maximum Gasteiger partial charge on any atom is 0.126 e. The van der Waals surface area contributed by atoms with Crippen LogP contribution >= 0.6 is 11.8 Å². The number of hydrogen-bond donors (Lipinski definition) is 1. The summed E-state index contributed by atoms with van der Waals surface area (Å²) in [5, 5.41) is 5.79. The Morgan fingerprint density at radius 1 is 1.20 bits per heavy atom. The van der Waals surface area contributed by atoms with Crippen LogP contribution in [0.2, 0.25) is 0 Å². The van der Waals surface area contributed by atoms with Crippen LogP contribution in [0.4, 0.5) is 0 Å². The first-order valence-corrected chi connectivity index (χ1v) is 8.30. The van der Waals surface area contributed by atoms with Gasteiger partial charge in [-0.25, -0.2) is 0 Å². The summed E-state index contributed by atoms with van der Waals surface area (Å²) in [7, 11) is 0. The Balaban J connectivity index is 1.79. The molecule has 1 aliphatic heterocycles. The zero-order chi connectivity index (χ0) is 14.4. The van der Waals surface area contributed by atoms with Gasteiger partial charge in [-0.15, -0.1) is 0 Å². The predicted molar refractivity (Wildman–Crippen MR) is 88.0 cm³/mol. The first kappa shape index (κ1) is 14.0. The lowest BCUT2D eigenvalue weighted by molar-refractivity contribution is 0.137. The highest BCUT2D eigenvalue weighted by atomic mass is 32.2. The molecule has 1 saturated carbocycles. The number of hydrogen-bond acceptors (Lipinski definition) is 3. The van der Waals surface area contributed by atoms with Crippen molar-refractivity contribution in [3.8, 4) is 0 Å². The fourth-order valence-corrected chi connectivity index (χ4v) is 5.50. The lowest BCUT2D eigenvalue weighted by Crippen LogP contribution is -2.46. The van der Waals surface area contributed by atoms with Gasteiger partial charge in [0.2, 0.25) is 0 Å². The van der Waals surface area contributed by atoms with Gasteiger partial charge in [0.25, 0.3) is 0 Å². The van der Waals surface area contributed by atoms with E-state index < -0.39 is 0 Å². The van der Waals surface area contributed by atoms with E-state index in [0.29, 0.717) is 5.41 Å². The smallest absolute Gasteiger partial charge is 0.126 e. The third-order valence-corrected chi connectivity index (χ3v) is 5.61. The second kappa shape index (κ2) is 4.80. The van der Waals surface area contributed by atoms with Crippen molar-refractivity contribution in [1.82, 2.24) is 5.43 Å². The van der Waals surface area contributed by atoms with Crippen molar-refractivity contribution in [3.05, 3.63) is 35.4 Å². The summed E-state index contributed by atoms with van der Waals surface area (Å²) in [4.78, 5) is 0.112. The molecule has 1 aliphatic carbocycles. The Bertz CT molecular complexity index is 532. The molecule has 2 nitrogen and oxygen atoms in total. The molecule has 0 saturated heterocycles. The van der Waals surface area contributed by atoms with Crippen LogP contribution in [-0.2, 0) is 0 Å². The number of thioether (sulfide) groups is 1. The molecule has 20 heavy (non-hydrogen) atoms. The summed E-state index contributed by atoms with van der Waals surface area (Å²) in [6, 6.07) is 8.69. The molecule has 2 unspecified atom stereocenters. The lowest BCUT2D eigenvalue weighted by atomic mass is 9.70. The van der Waals surface area contributed by atoms with Crippen LogP contribution in [0, 0.1) is 18.3 Å². The number of nitrogens with one attached hydrogen (secondary N) is 1. The van der Waals surface area contributed by atoms with E-state index in [0.717, 1.165) is 11.0 Å². The van der Waals surface area contributed by atoms with Gasteiger partial charge in [-0.3, -0.25) is 5.43 Å². The van der Waals surface area contributed by atoms with Gasteiger partial charge in [-0.2, -0.15) is 5.10 Å². The van der Waals surface area contributed by atoms with Crippen molar-refractivity contribution in [2.75, 3.05) is 0 Å². The zero-order valence-electron chi connectivity index (χ0n) is 12.9. The average molecular weight is 288 g/mol. The number of hydrazone groups is 1. The molecule has 0 bridgehead atoms. The zero-order valence-corrected chi connectivity index (χ0v) is 13.7. The van der Waals surface area contributed by atoms with E-state index in [1.165, 1.54) is 30.4 Å². The van der Waals surface area contributed by atoms with Crippen molar-refractivity contribution in [1.29, 1.82) is 0 Å². The molecule has 3 heteroatoms. The van der Waals surface area contributed by atoms with E-state index >= 15 is 0 Å². The molecule has 1 aromatic rings. The molecular weight excluding hydrogens is 264 g/mol. The van der Waals surface area contributed by atoms with E-state index in [1.807, 2.05) is 11.8 Å². The van der Waals surface area contributed by atoms with E-state index in [9.17, 15) is 0 Å². The minimum atomic E-state index is 0.112. The molecule has 1 N–H and O–H groups in total. The first-order chi connectivity index (χ1) is 9.38. The van der Waals surface area contributed by atoms with Crippen LogP contribution < -0.4 is 5.43 Å². The molecule has 0 aromatic heterocycles. The van der Waals surface area contributed by atoms with Gasteiger partial charge < -0.3 is 0 Å². The lowest BCUT2D eigenvalue weighted by Gasteiger charge is -2.44. The Hall–Kier alpha value is -0.960. The normalized spacial score (nSPS) is 32.0. The van der Waals surface area contributed by atoms with Crippen molar-refractivity contribution < 1.29 is 0 Å². The van der Waals surface area contributed by atoms with Crippen LogP contribution in [0.25, 0.3) is 0 Å². The second-order valence-electron chi connectivity index (χ2n) is 7.35. The summed E-state index contributed by atoms with van der Waals surface area (Å²) in [5.41, 5.74) is 6.41. The number of benzene rings is 1. The maximum atomic E-state index is 4.64. The standard InChI is InChI=1S/C17H24N2S/c1-12-5-7-14(8-6-12)15-18-19-17(20-15)10-13(2)9-16(3,4)11-17/h5-8,13,19H,9-11H2,1-4H3. The Morgan fingerprint density at radius 2 is 1.90 bits per heavy atom. The van der Waals surface area contributed by atoms with E-state index in [4.69, 9.17) is 0 Å². The molecule has 3 rings (SSSR count). The predicted octanol–water partition coefficient (Wildman–Crippen LogP) is 4.54. The number of aryl methyl sites for hydroxylation is 1. The highest BCUT2D eigenvalue weighted by Gasteiger charge is 2.46. The van der Waals surface area contributed by atoms with E-state index in [-0.39, 0.29) is 4.87 Å². The summed E-state index contributed by atoms with van der Waals surface area (Å²) < 4.78 is 0. The van der Waals surface area contributed by atoms with Gasteiger partial charge in [0.05, 0.1) is 0 Å². The van der Waals surface area contributed by atoms with Crippen molar-refractivity contribution in [2.24, 2.45) is 16.4 Å². The van der Waals surface area contributed by atoms with E-state index in [2.05, 4.69) is 62.5 Å². The minimum absolute atomic E-state index is 0.112. The topological polar surface area (TPSA) is 24.4 Å². The monoisotopic (exact) mass is 288 g/mol.